The average Bonchev–Trinajstić information content (AvgIpc) is 3.60. The Kier molecular flexibility index (Phi) is 5.06. The first-order valence-electron chi connectivity index (χ1n) is 10.5. The van der Waals surface area contributed by atoms with Gasteiger partial charge < -0.3 is 9.64 Å². The number of rotatable bonds is 5. The van der Waals surface area contributed by atoms with Gasteiger partial charge in [-0.25, -0.2) is 18.1 Å². The van der Waals surface area contributed by atoms with Gasteiger partial charge in [0.25, 0.3) is 15.7 Å². The molecule has 0 bridgehead atoms. The Balaban J connectivity index is 1.48. The van der Waals surface area contributed by atoms with E-state index < -0.39 is 37.7 Å². The molecule has 3 amide bonds. The minimum Gasteiger partial charge on any atom is -0.497 e. The highest BCUT2D eigenvalue weighted by molar-refractivity contribution is 7.92. The number of fused-ring (bicyclic) bond motifs is 1. The standard InChI is InChI=1S/C23H18F3N3O5S/c1-34-16-4-7-19-18(12-16)14(8-11-27-19)13-28-21(31)29(20(30)22(28)9-10-22)15-2-5-17(6-3-15)35(32,33)23(24,25)26/h2-8,11-12H,9-10,13H2,1H3. The van der Waals surface area contributed by atoms with Crippen LogP contribution in [0.25, 0.3) is 10.9 Å². The molecule has 35 heavy (non-hydrogen) atoms. The molecule has 8 nitrogen and oxygen atoms in total. The third-order valence-electron chi connectivity index (χ3n) is 6.34. The van der Waals surface area contributed by atoms with Crippen molar-refractivity contribution >= 4 is 38.4 Å². The van der Waals surface area contributed by atoms with Gasteiger partial charge in [0.15, 0.2) is 0 Å². The highest BCUT2D eigenvalue weighted by Crippen LogP contribution is 2.50. The van der Waals surface area contributed by atoms with Crippen LogP contribution >= 0.6 is 0 Å². The molecule has 2 fully saturated rings. The van der Waals surface area contributed by atoms with Gasteiger partial charge in [-0.3, -0.25) is 9.78 Å². The van der Waals surface area contributed by atoms with Crippen molar-refractivity contribution in [1.82, 2.24) is 9.88 Å². The number of sulfone groups is 1. The minimum absolute atomic E-state index is 0.00356. The van der Waals surface area contributed by atoms with E-state index in [1.807, 2.05) is 0 Å². The van der Waals surface area contributed by atoms with E-state index in [1.165, 1.54) is 12.0 Å². The first kappa shape index (κ1) is 23.1. The molecule has 1 spiro atoms. The molecule has 1 saturated heterocycles. The number of imide groups is 1. The molecule has 182 valence electrons. The molecule has 0 N–H and O–H groups in total. The Morgan fingerprint density at radius 3 is 2.34 bits per heavy atom. The van der Waals surface area contributed by atoms with Gasteiger partial charge in [-0.1, -0.05) is 0 Å². The molecule has 2 heterocycles. The molecular weight excluding hydrogens is 487 g/mol. The number of methoxy groups -OCH3 is 1. The first-order valence-corrected chi connectivity index (χ1v) is 12.0. The van der Waals surface area contributed by atoms with Crippen molar-refractivity contribution < 1.29 is 35.9 Å². The van der Waals surface area contributed by atoms with Crippen LogP contribution in [0.3, 0.4) is 0 Å². The second kappa shape index (κ2) is 7.67. The molecule has 5 rings (SSSR count). The van der Waals surface area contributed by atoms with Crippen molar-refractivity contribution in [3.63, 3.8) is 0 Å². The zero-order chi connectivity index (χ0) is 25.2. The molecule has 1 aromatic heterocycles. The second-order valence-electron chi connectivity index (χ2n) is 8.34. The minimum atomic E-state index is -5.55. The molecule has 2 aromatic carbocycles. The molecule has 1 aliphatic carbocycles. The number of pyridine rings is 1. The Morgan fingerprint density at radius 2 is 1.74 bits per heavy atom. The third-order valence-corrected chi connectivity index (χ3v) is 7.84. The van der Waals surface area contributed by atoms with Crippen molar-refractivity contribution in [3.05, 3.63) is 60.3 Å². The van der Waals surface area contributed by atoms with E-state index in [-0.39, 0.29) is 12.2 Å². The van der Waals surface area contributed by atoms with Gasteiger partial charge in [-0.05, 0) is 66.9 Å². The number of carbonyl (C=O) groups excluding carboxylic acids is 2. The van der Waals surface area contributed by atoms with Crippen molar-refractivity contribution in [2.45, 2.75) is 35.3 Å². The number of benzene rings is 2. The zero-order valence-electron chi connectivity index (χ0n) is 18.2. The fraction of sp³-hybridized carbons (Fsp3) is 0.261. The first-order chi connectivity index (χ1) is 16.5. The van der Waals surface area contributed by atoms with Gasteiger partial charge in [0.1, 0.15) is 11.3 Å². The maximum Gasteiger partial charge on any atom is 0.501 e. The quantitative estimate of drug-likeness (QED) is 0.486. The maximum atomic E-state index is 13.4. The number of aromatic nitrogens is 1. The fourth-order valence-corrected chi connectivity index (χ4v) is 5.05. The highest BCUT2D eigenvalue weighted by atomic mass is 32.2. The van der Waals surface area contributed by atoms with Crippen LogP contribution in [-0.4, -0.2) is 48.4 Å². The number of nitrogens with zero attached hydrogens (tertiary/aromatic N) is 3. The SMILES string of the molecule is COc1ccc2nccc(CN3C(=O)N(c4ccc(S(=O)(=O)C(F)(F)F)cc4)C(=O)C34CC4)c2c1. The van der Waals surface area contributed by atoms with E-state index in [0.29, 0.717) is 24.1 Å². The lowest BCUT2D eigenvalue weighted by Crippen LogP contribution is -2.36. The molecule has 3 aromatic rings. The van der Waals surface area contributed by atoms with Gasteiger partial charge in [0, 0.05) is 18.1 Å². The summed E-state index contributed by atoms with van der Waals surface area (Å²) in [5, 5.41) is 0.753. The van der Waals surface area contributed by atoms with Crippen molar-refractivity contribution in [1.29, 1.82) is 0 Å². The van der Waals surface area contributed by atoms with Crippen LogP contribution < -0.4 is 9.64 Å². The normalized spacial score (nSPS) is 17.5. The summed E-state index contributed by atoms with van der Waals surface area (Å²) in [6.45, 7) is 0.105. The van der Waals surface area contributed by atoms with Crippen LogP contribution in [0.1, 0.15) is 18.4 Å². The number of amides is 3. The Hall–Kier alpha value is -3.67. The monoisotopic (exact) mass is 505 g/mol. The van der Waals surface area contributed by atoms with E-state index in [0.717, 1.165) is 40.1 Å². The largest absolute Gasteiger partial charge is 0.501 e. The highest BCUT2D eigenvalue weighted by Gasteiger charge is 2.65. The van der Waals surface area contributed by atoms with Crippen molar-refractivity contribution in [3.8, 4) is 5.75 Å². The van der Waals surface area contributed by atoms with Gasteiger partial charge in [0.2, 0.25) is 0 Å². The molecule has 0 radical (unpaired) electrons. The summed E-state index contributed by atoms with van der Waals surface area (Å²) in [6.07, 6.45) is 2.49. The van der Waals surface area contributed by atoms with Crippen LogP contribution in [0.15, 0.2) is 59.6 Å². The Labute approximate surface area is 197 Å². The number of halogens is 3. The molecule has 1 aliphatic heterocycles. The summed E-state index contributed by atoms with van der Waals surface area (Å²) < 4.78 is 67.1. The number of alkyl halides is 3. The summed E-state index contributed by atoms with van der Waals surface area (Å²) in [6, 6.07) is 9.98. The lowest BCUT2D eigenvalue weighted by Gasteiger charge is -2.22. The van der Waals surface area contributed by atoms with E-state index in [2.05, 4.69) is 4.98 Å². The molecule has 0 atom stereocenters. The molecule has 0 unspecified atom stereocenters. The maximum absolute atomic E-state index is 13.4. The van der Waals surface area contributed by atoms with Crippen LogP contribution in [0.5, 0.6) is 5.75 Å². The number of ether oxygens (including phenoxy) is 1. The van der Waals surface area contributed by atoms with Gasteiger partial charge in [-0.2, -0.15) is 13.2 Å². The van der Waals surface area contributed by atoms with Crippen LogP contribution in [0.4, 0.5) is 23.7 Å². The summed E-state index contributed by atoms with van der Waals surface area (Å²) in [5.74, 6) is 0.108. The van der Waals surface area contributed by atoms with Crippen LogP contribution in [-0.2, 0) is 21.2 Å². The zero-order valence-corrected chi connectivity index (χ0v) is 19.1. The fourth-order valence-electron chi connectivity index (χ4n) is 4.29. The van der Waals surface area contributed by atoms with E-state index in [9.17, 15) is 31.2 Å². The number of hydrogen-bond donors (Lipinski definition) is 0. The molecule has 1 saturated carbocycles. The lowest BCUT2D eigenvalue weighted by molar-refractivity contribution is -0.120. The van der Waals surface area contributed by atoms with E-state index >= 15 is 0 Å². The Morgan fingerprint density at radius 1 is 1.06 bits per heavy atom. The van der Waals surface area contributed by atoms with Gasteiger partial charge in [-0.15, -0.1) is 0 Å². The third kappa shape index (κ3) is 3.51. The van der Waals surface area contributed by atoms with Crippen LogP contribution in [0.2, 0.25) is 0 Å². The Bertz CT molecular complexity index is 1470. The summed E-state index contributed by atoms with van der Waals surface area (Å²) >= 11 is 0. The van der Waals surface area contributed by atoms with Crippen molar-refractivity contribution in [2.75, 3.05) is 12.0 Å². The smallest absolute Gasteiger partial charge is 0.497 e. The van der Waals surface area contributed by atoms with E-state index in [1.54, 1.807) is 30.5 Å². The number of hydrogen-bond acceptors (Lipinski definition) is 6. The topological polar surface area (TPSA) is 96.9 Å². The summed E-state index contributed by atoms with van der Waals surface area (Å²) in [4.78, 5) is 32.3. The summed E-state index contributed by atoms with van der Waals surface area (Å²) in [5.41, 5.74) is -5.07. The second-order valence-corrected chi connectivity index (χ2v) is 10.3. The summed E-state index contributed by atoms with van der Waals surface area (Å²) in [7, 11) is -4.02. The molecule has 12 heteroatoms. The number of anilines is 1. The predicted molar refractivity (Wildman–Crippen MR) is 118 cm³/mol. The molecular formula is C23H18F3N3O5S. The van der Waals surface area contributed by atoms with E-state index in [4.69, 9.17) is 4.74 Å². The molecule has 2 aliphatic rings. The average molecular weight is 505 g/mol. The van der Waals surface area contributed by atoms with Gasteiger partial charge >= 0.3 is 11.5 Å². The predicted octanol–water partition coefficient (Wildman–Crippen LogP) is 4.04. The number of urea groups is 1. The number of carbonyl (C=O) groups is 2. The van der Waals surface area contributed by atoms with Crippen LogP contribution in [0, 0.1) is 0 Å². The van der Waals surface area contributed by atoms with Gasteiger partial charge in [0.05, 0.1) is 23.2 Å². The lowest BCUT2D eigenvalue weighted by atomic mass is 10.1. The van der Waals surface area contributed by atoms with Crippen molar-refractivity contribution in [2.24, 2.45) is 0 Å².